The van der Waals surface area contributed by atoms with E-state index >= 15 is 0 Å². The van der Waals surface area contributed by atoms with Gasteiger partial charge in [0.2, 0.25) is 5.91 Å². The second-order valence-corrected chi connectivity index (χ2v) is 3.17. The predicted octanol–water partition coefficient (Wildman–Crippen LogP) is 0.295. The molecule has 3 N–H and O–H groups in total. The highest BCUT2D eigenvalue weighted by Crippen LogP contribution is 2.12. The molecular weight excluding hydrogens is 158 g/mol. The van der Waals surface area contributed by atoms with Crippen molar-refractivity contribution < 1.29 is 9.90 Å². The molecule has 12 heavy (non-hydrogen) atoms. The van der Waals surface area contributed by atoms with Crippen LogP contribution in [0.15, 0.2) is 5.11 Å². The van der Waals surface area contributed by atoms with Crippen molar-refractivity contribution in [3.63, 3.8) is 0 Å². The summed E-state index contributed by atoms with van der Waals surface area (Å²) in [5.74, 6) is -0.190. The van der Waals surface area contributed by atoms with E-state index in [2.05, 4.69) is 10.4 Å². The average Bonchev–Trinajstić information content (AvgIpc) is 2.00. The lowest BCUT2D eigenvalue weighted by Gasteiger charge is -2.15. The lowest BCUT2D eigenvalue weighted by Crippen LogP contribution is -2.32. The van der Waals surface area contributed by atoms with E-state index in [1.165, 1.54) is 0 Å². The molecule has 0 spiro atoms. The van der Waals surface area contributed by atoms with Gasteiger partial charge in [-0.1, -0.05) is 0 Å². The number of rotatable bonds is 5. The highest BCUT2D eigenvalue weighted by molar-refractivity contribution is 5.77. The molecule has 0 aromatic rings. The number of carbonyl (C=O) groups excluding carboxylic acids is 1. The Balaban J connectivity index is 3.76. The molecule has 0 aliphatic carbocycles. The largest absolute Gasteiger partial charge is 0.395 e. The van der Waals surface area contributed by atoms with E-state index in [9.17, 15) is 4.79 Å². The van der Waals surface area contributed by atoms with Crippen molar-refractivity contribution in [2.45, 2.75) is 25.8 Å². The van der Waals surface area contributed by atoms with Gasteiger partial charge in [-0.3, -0.25) is 4.79 Å². The van der Waals surface area contributed by atoms with Gasteiger partial charge in [-0.25, -0.2) is 5.53 Å². The number of aliphatic hydroxyl groups excluding tert-OH is 1. The van der Waals surface area contributed by atoms with Crippen LogP contribution in [0.4, 0.5) is 0 Å². The minimum absolute atomic E-state index is 0.0653. The quantitative estimate of drug-likeness (QED) is 0.522. The smallest absolute Gasteiger partial charge is 0.222 e. The van der Waals surface area contributed by atoms with Crippen LogP contribution in [0.2, 0.25) is 0 Å². The van der Waals surface area contributed by atoms with Crippen molar-refractivity contribution in [2.75, 3.05) is 13.2 Å². The predicted molar refractivity (Wildman–Crippen MR) is 43.9 cm³/mol. The molecule has 70 valence electrons. The Morgan fingerprint density at radius 2 is 2.25 bits per heavy atom. The highest BCUT2D eigenvalue weighted by Gasteiger charge is 2.20. The van der Waals surface area contributed by atoms with Gasteiger partial charge >= 0.3 is 0 Å². The second-order valence-electron chi connectivity index (χ2n) is 3.17. The zero-order valence-electron chi connectivity index (χ0n) is 7.42. The van der Waals surface area contributed by atoms with Gasteiger partial charge in [0.15, 0.2) is 0 Å². The summed E-state index contributed by atoms with van der Waals surface area (Å²) in [5, 5.41) is 14.2. The van der Waals surface area contributed by atoms with Gasteiger partial charge in [0, 0.05) is 6.54 Å². The molecule has 0 atom stereocenters. The zero-order chi connectivity index (χ0) is 9.61. The maximum absolute atomic E-state index is 11.0. The molecule has 0 aromatic carbocycles. The molecule has 0 radical (unpaired) electrons. The summed E-state index contributed by atoms with van der Waals surface area (Å²) in [6, 6.07) is 0. The summed E-state index contributed by atoms with van der Waals surface area (Å²) >= 11 is 0. The maximum atomic E-state index is 11.0. The summed E-state index contributed by atoms with van der Waals surface area (Å²) in [4.78, 5) is 11.0. The minimum atomic E-state index is -0.639. The van der Waals surface area contributed by atoms with Crippen molar-refractivity contribution in [3.8, 4) is 0 Å². The van der Waals surface area contributed by atoms with Crippen LogP contribution in [0.3, 0.4) is 0 Å². The molecule has 0 heterocycles. The lowest BCUT2D eigenvalue weighted by atomic mass is 10.0. The third kappa shape index (κ3) is 4.79. The Kier molecular flexibility index (Phi) is 4.43. The van der Waals surface area contributed by atoms with Gasteiger partial charge < -0.3 is 10.4 Å². The van der Waals surface area contributed by atoms with E-state index in [0.717, 1.165) is 0 Å². The van der Waals surface area contributed by atoms with Crippen LogP contribution in [-0.2, 0) is 4.79 Å². The van der Waals surface area contributed by atoms with Crippen LogP contribution < -0.4 is 5.32 Å². The summed E-state index contributed by atoms with van der Waals surface area (Å²) < 4.78 is 0. The monoisotopic (exact) mass is 173 g/mol. The topological polar surface area (TPSA) is 85.5 Å². The van der Waals surface area contributed by atoms with Gasteiger partial charge in [-0.2, -0.15) is 5.11 Å². The first-order valence-corrected chi connectivity index (χ1v) is 3.78. The molecule has 0 fully saturated rings. The van der Waals surface area contributed by atoms with Gasteiger partial charge in [-0.05, 0) is 13.8 Å². The van der Waals surface area contributed by atoms with Gasteiger partial charge in [0.25, 0.3) is 0 Å². The fraction of sp³-hybridized carbons (Fsp3) is 0.857. The summed E-state index contributed by atoms with van der Waals surface area (Å²) in [6.45, 7) is 3.61. The first kappa shape index (κ1) is 11.0. The van der Waals surface area contributed by atoms with Crippen molar-refractivity contribution in [2.24, 2.45) is 5.11 Å². The van der Waals surface area contributed by atoms with Crippen molar-refractivity contribution >= 4 is 5.91 Å². The first-order valence-electron chi connectivity index (χ1n) is 3.78. The van der Waals surface area contributed by atoms with Crippen LogP contribution in [0.1, 0.15) is 20.3 Å². The SMILES string of the molecule is CC(C)(CC(=O)NCCO)N=N. The molecular formula is C7H15N3O2. The molecule has 0 unspecified atom stereocenters. The summed E-state index contributed by atoms with van der Waals surface area (Å²) in [7, 11) is 0. The number of amides is 1. The van der Waals surface area contributed by atoms with E-state index in [1.54, 1.807) is 13.8 Å². The van der Waals surface area contributed by atoms with Crippen LogP contribution in [-0.4, -0.2) is 29.7 Å². The Bertz CT molecular complexity index is 168. The Labute approximate surface area is 71.7 Å². The van der Waals surface area contributed by atoms with E-state index in [0.29, 0.717) is 0 Å². The van der Waals surface area contributed by atoms with Crippen LogP contribution in [0.25, 0.3) is 0 Å². The van der Waals surface area contributed by atoms with Crippen LogP contribution in [0.5, 0.6) is 0 Å². The highest BCUT2D eigenvalue weighted by atomic mass is 16.3. The average molecular weight is 173 g/mol. The van der Waals surface area contributed by atoms with E-state index < -0.39 is 5.54 Å². The molecule has 0 aliphatic heterocycles. The number of aliphatic hydroxyl groups is 1. The molecule has 5 heteroatoms. The number of carbonyl (C=O) groups is 1. The maximum Gasteiger partial charge on any atom is 0.222 e. The van der Waals surface area contributed by atoms with Crippen LogP contribution in [0, 0.1) is 5.53 Å². The third-order valence-electron chi connectivity index (χ3n) is 1.33. The Morgan fingerprint density at radius 3 is 2.67 bits per heavy atom. The summed E-state index contributed by atoms with van der Waals surface area (Å²) in [6.07, 6.45) is 0.177. The number of nitrogens with one attached hydrogen (secondary N) is 2. The molecule has 0 bridgehead atoms. The van der Waals surface area contributed by atoms with Gasteiger partial charge in [0.1, 0.15) is 0 Å². The normalized spacial score (nSPS) is 10.9. The fourth-order valence-corrected chi connectivity index (χ4v) is 0.690. The molecule has 0 rings (SSSR count). The van der Waals surface area contributed by atoms with Crippen LogP contribution >= 0.6 is 0 Å². The molecule has 0 saturated heterocycles. The molecule has 0 saturated carbocycles. The third-order valence-corrected chi connectivity index (χ3v) is 1.33. The first-order chi connectivity index (χ1) is 5.52. The molecule has 0 aromatic heterocycles. The number of nitrogens with zero attached hydrogens (tertiary/aromatic N) is 1. The zero-order valence-corrected chi connectivity index (χ0v) is 7.42. The van der Waals surface area contributed by atoms with E-state index in [4.69, 9.17) is 10.6 Å². The number of hydrogen-bond donors (Lipinski definition) is 3. The Hall–Kier alpha value is -0.970. The molecule has 5 nitrogen and oxygen atoms in total. The number of hydrogen-bond acceptors (Lipinski definition) is 4. The lowest BCUT2D eigenvalue weighted by molar-refractivity contribution is -0.122. The van der Waals surface area contributed by atoms with Crippen molar-refractivity contribution in [1.82, 2.24) is 5.32 Å². The van der Waals surface area contributed by atoms with E-state index in [1.807, 2.05) is 0 Å². The standard InChI is InChI=1S/C7H15N3O2/c1-7(2,10-8)5-6(12)9-3-4-11/h8,11H,3-5H2,1-2H3,(H,9,12). The summed E-state index contributed by atoms with van der Waals surface area (Å²) in [5.41, 5.74) is 6.13. The second kappa shape index (κ2) is 4.82. The molecule has 1 amide bonds. The van der Waals surface area contributed by atoms with Gasteiger partial charge in [0.05, 0.1) is 18.6 Å². The minimum Gasteiger partial charge on any atom is -0.395 e. The van der Waals surface area contributed by atoms with Crippen molar-refractivity contribution in [3.05, 3.63) is 0 Å². The van der Waals surface area contributed by atoms with Gasteiger partial charge in [-0.15, -0.1) is 0 Å². The van der Waals surface area contributed by atoms with Crippen molar-refractivity contribution in [1.29, 1.82) is 5.53 Å². The fourth-order valence-electron chi connectivity index (χ4n) is 0.690. The Morgan fingerprint density at radius 1 is 1.67 bits per heavy atom. The van der Waals surface area contributed by atoms with E-state index in [-0.39, 0.29) is 25.5 Å². The molecule has 0 aliphatic rings.